The van der Waals surface area contributed by atoms with Crippen LogP contribution in [0.15, 0.2) is 54.6 Å². The molecule has 6 heteroatoms. The van der Waals surface area contributed by atoms with Crippen molar-refractivity contribution in [3.8, 4) is 11.5 Å². The third-order valence-electron chi connectivity index (χ3n) is 4.52. The summed E-state index contributed by atoms with van der Waals surface area (Å²) in [6, 6.07) is 16.9. The van der Waals surface area contributed by atoms with E-state index in [1.54, 1.807) is 6.07 Å². The van der Waals surface area contributed by atoms with Crippen molar-refractivity contribution < 1.29 is 19.0 Å². The fourth-order valence-corrected chi connectivity index (χ4v) is 3.03. The molecule has 1 aliphatic rings. The molecular weight excluding hydrogens is 356 g/mol. The van der Waals surface area contributed by atoms with Crippen LogP contribution < -0.4 is 14.8 Å². The van der Waals surface area contributed by atoms with E-state index in [0.29, 0.717) is 31.1 Å². The molecule has 1 N–H and O–H groups in total. The number of para-hydroxylation sites is 2. The first kappa shape index (κ1) is 20.2. The smallest absolute Gasteiger partial charge is 0.255 e. The summed E-state index contributed by atoms with van der Waals surface area (Å²) in [4.78, 5) is 14.9. The Hall–Kier alpha value is -2.57. The van der Waals surface area contributed by atoms with Crippen molar-refractivity contribution >= 4 is 5.91 Å². The summed E-state index contributed by atoms with van der Waals surface area (Å²) in [7, 11) is 0. The van der Waals surface area contributed by atoms with Crippen LogP contribution in [0.3, 0.4) is 0 Å². The van der Waals surface area contributed by atoms with Gasteiger partial charge in [0.2, 0.25) is 0 Å². The molecule has 1 saturated heterocycles. The second-order valence-corrected chi connectivity index (χ2v) is 6.57. The first-order chi connectivity index (χ1) is 13.8. The minimum absolute atomic E-state index is 0.110. The fourth-order valence-electron chi connectivity index (χ4n) is 3.03. The summed E-state index contributed by atoms with van der Waals surface area (Å²) in [6.07, 6.45) is 0.916. The summed E-state index contributed by atoms with van der Waals surface area (Å²) in [5.41, 5.74) is 0.550. The number of carbonyl (C=O) groups is 1. The molecule has 2 aromatic carbocycles. The van der Waals surface area contributed by atoms with Crippen molar-refractivity contribution in [3.63, 3.8) is 0 Å². The van der Waals surface area contributed by atoms with Gasteiger partial charge in [-0.3, -0.25) is 9.69 Å². The fraction of sp³-hybridized carbons (Fsp3) is 0.409. The first-order valence-electron chi connectivity index (χ1n) is 9.81. The van der Waals surface area contributed by atoms with Gasteiger partial charge in [-0.15, -0.1) is 0 Å². The van der Waals surface area contributed by atoms with E-state index >= 15 is 0 Å². The van der Waals surface area contributed by atoms with Crippen LogP contribution in [0.1, 0.15) is 16.8 Å². The van der Waals surface area contributed by atoms with Crippen molar-refractivity contribution in [2.45, 2.75) is 6.42 Å². The van der Waals surface area contributed by atoms with Crippen LogP contribution in [0.4, 0.5) is 0 Å². The van der Waals surface area contributed by atoms with Crippen LogP contribution in [0.5, 0.6) is 11.5 Å². The molecule has 0 bridgehead atoms. The SMILES string of the molecule is O=C(NCCCN1CCOCC1)c1ccccc1OCCOc1ccccc1. The first-order valence-corrected chi connectivity index (χ1v) is 9.81. The number of hydrogen-bond donors (Lipinski definition) is 1. The Balaban J connectivity index is 1.40. The molecule has 0 aliphatic carbocycles. The molecule has 0 unspecified atom stereocenters. The Morgan fingerprint density at radius 1 is 0.964 bits per heavy atom. The highest BCUT2D eigenvalue weighted by Crippen LogP contribution is 2.18. The van der Waals surface area contributed by atoms with Crippen molar-refractivity contribution in [3.05, 3.63) is 60.2 Å². The van der Waals surface area contributed by atoms with Gasteiger partial charge >= 0.3 is 0 Å². The van der Waals surface area contributed by atoms with Crippen molar-refractivity contribution in [1.29, 1.82) is 0 Å². The number of morpholine rings is 1. The molecule has 0 aromatic heterocycles. The normalized spacial score (nSPS) is 14.4. The predicted octanol–water partition coefficient (Wildman–Crippen LogP) is 2.60. The van der Waals surface area contributed by atoms with Gasteiger partial charge in [0.1, 0.15) is 24.7 Å². The third-order valence-corrected chi connectivity index (χ3v) is 4.52. The van der Waals surface area contributed by atoms with Crippen LogP contribution in [-0.4, -0.2) is 63.4 Å². The largest absolute Gasteiger partial charge is 0.490 e. The molecule has 1 amide bonds. The summed E-state index contributed by atoms with van der Waals surface area (Å²) < 4.78 is 16.7. The summed E-state index contributed by atoms with van der Waals surface area (Å²) in [5, 5.41) is 2.99. The predicted molar refractivity (Wildman–Crippen MR) is 108 cm³/mol. The number of amides is 1. The number of benzene rings is 2. The Morgan fingerprint density at radius 3 is 2.50 bits per heavy atom. The van der Waals surface area contributed by atoms with E-state index in [0.717, 1.165) is 45.0 Å². The zero-order valence-electron chi connectivity index (χ0n) is 16.1. The summed E-state index contributed by atoms with van der Waals surface area (Å²) in [5.74, 6) is 1.27. The van der Waals surface area contributed by atoms with Gasteiger partial charge in [0.15, 0.2) is 0 Å². The Kier molecular flexibility index (Phi) is 8.15. The maximum absolute atomic E-state index is 12.5. The molecule has 1 fully saturated rings. The molecule has 0 atom stereocenters. The maximum atomic E-state index is 12.5. The molecule has 150 valence electrons. The molecule has 3 rings (SSSR count). The van der Waals surface area contributed by atoms with Gasteiger partial charge in [0, 0.05) is 19.6 Å². The molecule has 0 spiro atoms. The van der Waals surface area contributed by atoms with Crippen LogP contribution in [0, 0.1) is 0 Å². The van der Waals surface area contributed by atoms with E-state index in [1.165, 1.54) is 0 Å². The second kappa shape index (κ2) is 11.3. The van der Waals surface area contributed by atoms with E-state index in [2.05, 4.69) is 10.2 Å². The molecule has 0 radical (unpaired) electrons. The van der Waals surface area contributed by atoms with Crippen molar-refractivity contribution in [2.75, 3.05) is 52.6 Å². The summed E-state index contributed by atoms with van der Waals surface area (Å²) >= 11 is 0. The van der Waals surface area contributed by atoms with Crippen LogP contribution in [-0.2, 0) is 4.74 Å². The van der Waals surface area contributed by atoms with Gasteiger partial charge in [-0.25, -0.2) is 0 Å². The van der Waals surface area contributed by atoms with Gasteiger partial charge in [0.05, 0.1) is 18.8 Å². The van der Waals surface area contributed by atoms with E-state index in [1.807, 2.05) is 48.5 Å². The minimum atomic E-state index is -0.110. The highest BCUT2D eigenvalue weighted by molar-refractivity contribution is 5.96. The van der Waals surface area contributed by atoms with Crippen LogP contribution in [0.25, 0.3) is 0 Å². The quantitative estimate of drug-likeness (QED) is 0.638. The van der Waals surface area contributed by atoms with Gasteiger partial charge in [-0.05, 0) is 37.2 Å². The lowest BCUT2D eigenvalue weighted by Gasteiger charge is -2.26. The van der Waals surface area contributed by atoms with Crippen LogP contribution in [0.2, 0.25) is 0 Å². The van der Waals surface area contributed by atoms with Crippen LogP contribution >= 0.6 is 0 Å². The van der Waals surface area contributed by atoms with Crippen molar-refractivity contribution in [2.24, 2.45) is 0 Å². The van der Waals surface area contributed by atoms with E-state index in [-0.39, 0.29) is 5.91 Å². The zero-order valence-corrected chi connectivity index (χ0v) is 16.1. The Labute approximate surface area is 166 Å². The number of ether oxygens (including phenoxy) is 3. The van der Waals surface area contributed by atoms with Gasteiger partial charge in [0.25, 0.3) is 5.91 Å². The molecule has 6 nitrogen and oxygen atoms in total. The van der Waals surface area contributed by atoms with Gasteiger partial charge < -0.3 is 19.5 Å². The van der Waals surface area contributed by atoms with Gasteiger partial charge in [-0.2, -0.15) is 0 Å². The average molecular weight is 384 g/mol. The second-order valence-electron chi connectivity index (χ2n) is 6.57. The molecule has 0 saturated carbocycles. The highest BCUT2D eigenvalue weighted by atomic mass is 16.5. The lowest BCUT2D eigenvalue weighted by molar-refractivity contribution is 0.0374. The molecule has 1 aliphatic heterocycles. The number of nitrogens with zero attached hydrogens (tertiary/aromatic N) is 1. The minimum Gasteiger partial charge on any atom is -0.490 e. The van der Waals surface area contributed by atoms with Gasteiger partial charge in [-0.1, -0.05) is 30.3 Å². The maximum Gasteiger partial charge on any atom is 0.255 e. The lowest BCUT2D eigenvalue weighted by atomic mass is 10.2. The number of carbonyl (C=O) groups excluding carboxylic acids is 1. The molecular formula is C22H28N2O4. The van der Waals surface area contributed by atoms with E-state index < -0.39 is 0 Å². The Bertz CT molecular complexity index is 717. The third kappa shape index (κ3) is 6.55. The van der Waals surface area contributed by atoms with E-state index in [4.69, 9.17) is 14.2 Å². The van der Waals surface area contributed by atoms with E-state index in [9.17, 15) is 4.79 Å². The monoisotopic (exact) mass is 384 g/mol. The number of rotatable bonds is 10. The zero-order chi connectivity index (χ0) is 19.4. The number of hydrogen-bond acceptors (Lipinski definition) is 5. The standard InChI is InChI=1S/C22H28N2O4/c25-22(23-11-6-12-24-13-15-26-16-14-24)20-9-4-5-10-21(20)28-18-17-27-19-7-2-1-3-8-19/h1-5,7-10H,6,11-18H2,(H,23,25). The highest BCUT2D eigenvalue weighted by Gasteiger charge is 2.13. The molecule has 28 heavy (non-hydrogen) atoms. The summed E-state index contributed by atoms with van der Waals surface area (Å²) in [6.45, 7) is 5.93. The average Bonchev–Trinajstić information content (AvgIpc) is 2.76. The Morgan fingerprint density at radius 2 is 1.68 bits per heavy atom. The number of nitrogens with one attached hydrogen (secondary N) is 1. The molecule has 1 heterocycles. The lowest BCUT2D eigenvalue weighted by Crippen LogP contribution is -2.38. The topological polar surface area (TPSA) is 60.0 Å². The molecule has 2 aromatic rings. The van der Waals surface area contributed by atoms with Crippen molar-refractivity contribution in [1.82, 2.24) is 10.2 Å².